The summed E-state index contributed by atoms with van der Waals surface area (Å²) in [6, 6.07) is -1.82. The molecular weight excluding hydrogens is 244 g/mol. The molecule has 100 valence electrons. The van der Waals surface area contributed by atoms with Gasteiger partial charge in [-0.05, 0) is 6.92 Å². The lowest BCUT2D eigenvalue weighted by Crippen LogP contribution is -2.41. The molecule has 0 bridgehead atoms. The molecule has 0 amide bonds. The topological polar surface area (TPSA) is 113 Å². The molecule has 8 nitrogen and oxygen atoms in total. The van der Waals surface area contributed by atoms with E-state index in [1.54, 1.807) is 6.92 Å². The highest BCUT2D eigenvalue weighted by Gasteiger charge is 2.42. The van der Waals surface area contributed by atoms with Crippen LogP contribution >= 0.6 is 0 Å². The van der Waals surface area contributed by atoms with Crippen molar-refractivity contribution in [3.8, 4) is 11.8 Å². The van der Waals surface area contributed by atoms with E-state index in [9.17, 15) is 25.0 Å². The van der Waals surface area contributed by atoms with Gasteiger partial charge in [0.15, 0.2) is 5.92 Å². The van der Waals surface area contributed by atoms with Crippen molar-refractivity contribution in [3.63, 3.8) is 0 Å². The molecule has 0 heterocycles. The molecule has 0 N–H and O–H groups in total. The van der Waals surface area contributed by atoms with Crippen molar-refractivity contribution in [3.05, 3.63) is 20.2 Å². The maximum Gasteiger partial charge on any atom is 0.383 e. The standard InChI is InChI=1S/C10H14N2O6/c1-3-5-6-8(7-11(14)15)9(12(16)17)10(13)18-4-2/h8-9H,3-4,7H2,1-2H3. The molecule has 0 radical (unpaired) electrons. The molecule has 0 aliphatic heterocycles. The second kappa shape index (κ2) is 8.00. The molecule has 8 heteroatoms. The number of hydrogen-bond acceptors (Lipinski definition) is 6. The van der Waals surface area contributed by atoms with Gasteiger partial charge in [0, 0.05) is 16.3 Å². The summed E-state index contributed by atoms with van der Waals surface area (Å²) in [6.07, 6.45) is 0.390. The highest BCUT2D eigenvalue weighted by molar-refractivity contribution is 5.75. The first-order chi connectivity index (χ1) is 8.43. The Balaban J connectivity index is 5.14. The molecule has 0 aromatic heterocycles. The molecule has 0 aromatic rings. The first-order valence-electron chi connectivity index (χ1n) is 5.34. The second-order valence-corrected chi connectivity index (χ2v) is 3.28. The third kappa shape index (κ3) is 5.25. The molecule has 2 unspecified atom stereocenters. The number of esters is 1. The van der Waals surface area contributed by atoms with Crippen molar-refractivity contribution in [1.82, 2.24) is 0 Å². The second-order valence-electron chi connectivity index (χ2n) is 3.28. The number of nitro groups is 2. The van der Waals surface area contributed by atoms with E-state index >= 15 is 0 Å². The molecule has 0 rings (SSSR count). The number of carbonyl (C=O) groups excluding carboxylic acids is 1. The predicted molar refractivity (Wildman–Crippen MR) is 60.8 cm³/mol. The van der Waals surface area contributed by atoms with Crippen molar-refractivity contribution >= 4 is 5.97 Å². The van der Waals surface area contributed by atoms with Crippen LogP contribution in [0.15, 0.2) is 0 Å². The highest BCUT2D eigenvalue weighted by atomic mass is 16.6. The Morgan fingerprint density at radius 1 is 1.33 bits per heavy atom. The summed E-state index contributed by atoms with van der Waals surface area (Å²) in [6.45, 7) is 2.39. The minimum absolute atomic E-state index is 0.0322. The lowest BCUT2D eigenvalue weighted by molar-refractivity contribution is -0.540. The van der Waals surface area contributed by atoms with Gasteiger partial charge in [0.05, 0.1) is 6.61 Å². The zero-order valence-corrected chi connectivity index (χ0v) is 10.1. The predicted octanol–water partition coefficient (Wildman–Crippen LogP) is 0.501. The minimum atomic E-state index is -1.82. The SMILES string of the molecule is CCC#CC(C[N+](=O)[O-])C(C(=O)OCC)[N+](=O)[O-]. The molecule has 0 fully saturated rings. The van der Waals surface area contributed by atoms with Crippen molar-refractivity contribution in [2.45, 2.75) is 26.3 Å². The Morgan fingerprint density at radius 3 is 2.33 bits per heavy atom. The van der Waals surface area contributed by atoms with Gasteiger partial charge in [-0.2, -0.15) is 0 Å². The van der Waals surface area contributed by atoms with E-state index < -0.39 is 34.3 Å². The molecule has 18 heavy (non-hydrogen) atoms. The van der Waals surface area contributed by atoms with Gasteiger partial charge in [0.25, 0.3) is 0 Å². The smallest absolute Gasteiger partial charge is 0.383 e. The van der Waals surface area contributed by atoms with E-state index in [0.29, 0.717) is 6.42 Å². The molecule has 0 spiro atoms. The first-order valence-corrected chi connectivity index (χ1v) is 5.34. The van der Waals surface area contributed by atoms with Gasteiger partial charge in [-0.1, -0.05) is 12.8 Å². The fourth-order valence-electron chi connectivity index (χ4n) is 1.24. The van der Waals surface area contributed by atoms with Crippen LogP contribution in [-0.2, 0) is 9.53 Å². The first kappa shape index (κ1) is 15.8. The summed E-state index contributed by atoms with van der Waals surface area (Å²) in [7, 11) is 0. The summed E-state index contributed by atoms with van der Waals surface area (Å²) in [4.78, 5) is 31.1. The number of ether oxygens (including phenoxy) is 1. The fourth-order valence-corrected chi connectivity index (χ4v) is 1.24. The number of nitrogens with zero attached hydrogens (tertiary/aromatic N) is 2. The zero-order valence-electron chi connectivity index (χ0n) is 10.1. The van der Waals surface area contributed by atoms with Gasteiger partial charge in [-0.3, -0.25) is 20.2 Å². The van der Waals surface area contributed by atoms with E-state index in [1.807, 2.05) is 0 Å². The Hall–Kier alpha value is -2.17. The molecule has 0 saturated heterocycles. The maximum absolute atomic E-state index is 11.4. The van der Waals surface area contributed by atoms with Crippen LogP contribution in [0.1, 0.15) is 20.3 Å². The monoisotopic (exact) mass is 258 g/mol. The van der Waals surface area contributed by atoms with Crippen LogP contribution in [0.3, 0.4) is 0 Å². The Morgan fingerprint density at radius 2 is 1.94 bits per heavy atom. The summed E-state index contributed by atoms with van der Waals surface area (Å²) in [5.41, 5.74) is 0. The summed E-state index contributed by atoms with van der Waals surface area (Å²) < 4.78 is 4.54. The largest absolute Gasteiger partial charge is 0.461 e. The maximum atomic E-state index is 11.4. The van der Waals surface area contributed by atoms with Crippen LogP contribution in [-0.4, -0.2) is 35.0 Å². The van der Waals surface area contributed by atoms with Gasteiger partial charge in [0.1, 0.15) is 0 Å². The van der Waals surface area contributed by atoms with Crippen molar-refractivity contribution in [1.29, 1.82) is 0 Å². The molecule has 0 aromatic carbocycles. The summed E-state index contributed by atoms with van der Waals surface area (Å²) in [5, 5.41) is 21.3. The Labute approximate surface area is 104 Å². The van der Waals surface area contributed by atoms with Crippen LogP contribution in [0.5, 0.6) is 0 Å². The van der Waals surface area contributed by atoms with E-state index in [1.165, 1.54) is 6.92 Å². The number of carbonyl (C=O) groups is 1. The summed E-state index contributed by atoms with van der Waals surface area (Å²) >= 11 is 0. The van der Waals surface area contributed by atoms with E-state index in [0.717, 1.165) is 0 Å². The minimum Gasteiger partial charge on any atom is -0.461 e. The molecular formula is C10H14N2O6. The molecule has 0 aliphatic rings. The van der Waals surface area contributed by atoms with Crippen molar-refractivity contribution in [2.75, 3.05) is 13.2 Å². The fraction of sp³-hybridized carbons (Fsp3) is 0.700. The lowest BCUT2D eigenvalue weighted by Gasteiger charge is -2.11. The van der Waals surface area contributed by atoms with E-state index in [4.69, 9.17) is 0 Å². The number of rotatable bonds is 6. The van der Waals surface area contributed by atoms with Crippen LogP contribution in [0.2, 0.25) is 0 Å². The zero-order chi connectivity index (χ0) is 14.1. The Kier molecular flexibility index (Phi) is 7.04. The average Bonchev–Trinajstić information content (AvgIpc) is 2.25. The molecule has 0 aliphatic carbocycles. The molecule has 2 atom stereocenters. The number of hydrogen-bond donors (Lipinski definition) is 0. The van der Waals surface area contributed by atoms with Gasteiger partial charge in [-0.25, -0.2) is 4.79 Å². The third-order valence-electron chi connectivity index (χ3n) is 1.95. The summed E-state index contributed by atoms with van der Waals surface area (Å²) in [5.74, 6) is 2.53. The van der Waals surface area contributed by atoms with Gasteiger partial charge < -0.3 is 4.74 Å². The van der Waals surface area contributed by atoms with Crippen molar-refractivity contribution < 1.29 is 19.4 Å². The van der Waals surface area contributed by atoms with Gasteiger partial charge in [0.2, 0.25) is 6.54 Å². The van der Waals surface area contributed by atoms with E-state index in [-0.39, 0.29) is 6.61 Å². The van der Waals surface area contributed by atoms with Gasteiger partial charge in [-0.15, -0.1) is 5.92 Å². The molecule has 0 saturated carbocycles. The van der Waals surface area contributed by atoms with Crippen LogP contribution in [0.25, 0.3) is 0 Å². The Bertz CT molecular complexity index is 384. The van der Waals surface area contributed by atoms with Crippen LogP contribution < -0.4 is 0 Å². The van der Waals surface area contributed by atoms with Crippen LogP contribution in [0, 0.1) is 38.0 Å². The van der Waals surface area contributed by atoms with Gasteiger partial charge >= 0.3 is 12.0 Å². The van der Waals surface area contributed by atoms with E-state index in [2.05, 4.69) is 16.6 Å². The highest BCUT2D eigenvalue weighted by Crippen LogP contribution is 2.10. The normalized spacial score (nSPS) is 12.8. The van der Waals surface area contributed by atoms with Crippen molar-refractivity contribution in [2.24, 2.45) is 5.92 Å². The average molecular weight is 258 g/mol. The lowest BCUT2D eigenvalue weighted by atomic mass is 10.0. The third-order valence-corrected chi connectivity index (χ3v) is 1.95. The quantitative estimate of drug-likeness (QED) is 0.297. The van der Waals surface area contributed by atoms with Crippen LogP contribution in [0.4, 0.5) is 0 Å².